The molecule has 1 aliphatic carbocycles. The molecule has 0 aromatic rings. The molecule has 1 saturated heterocycles. The Bertz CT molecular complexity index is 432. The van der Waals surface area contributed by atoms with Crippen molar-refractivity contribution in [3.8, 4) is 0 Å². The van der Waals surface area contributed by atoms with Crippen LogP contribution in [0.25, 0.3) is 0 Å². The number of thioether (sulfide) groups is 1. The number of nitrogens with one attached hydrogen (secondary N) is 3. The van der Waals surface area contributed by atoms with E-state index in [4.69, 9.17) is 0 Å². The predicted molar refractivity (Wildman–Crippen MR) is 85.9 cm³/mol. The number of carbonyl (C=O) groups excluding carboxylic acids is 1. The third-order valence-electron chi connectivity index (χ3n) is 3.94. The first-order valence-electron chi connectivity index (χ1n) is 7.60. The largest absolute Gasteiger partial charge is 0.355 e. The average molecular weight is 335 g/mol. The Labute approximate surface area is 131 Å². The normalized spacial score (nSPS) is 23.5. The highest BCUT2D eigenvalue weighted by Gasteiger charge is 2.20. The number of amides is 1. The van der Waals surface area contributed by atoms with E-state index in [-0.39, 0.29) is 24.2 Å². The summed E-state index contributed by atoms with van der Waals surface area (Å²) in [6.45, 7) is 1.65. The van der Waals surface area contributed by atoms with Crippen LogP contribution in [0.1, 0.15) is 25.7 Å². The Balaban J connectivity index is 1.57. The molecular weight excluding hydrogens is 310 g/mol. The zero-order chi connectivity index (χ0) is 15.1. The minimum atomic E-state index is -3.27. The molecule has 1 atom stereocenters. The molecule has 1 heterocycles. The van der Waals surface area contributed by atoms with Gasteiger partial charge in [0, 0.05) is 43.6 Å². The van der Waals surface area contributed by atoms with Gasteiger partial charge in [-0.25, -0.2) is 13.1 Å². The Morgan fingerprint density at radius 2 is 2.14 bits per heavy atom. The monoisotopic (exact) mass is 335 g/mol. The summed E-state index contributed by atoms with van der Waals surface area (Å²) in [5.74, 6) is 2.41. The van der Waals surface area contributed by atoms with Crippen molar-refractivity contribution in [2.24, 2.45) is 5.92 Å². The van der Waals surface area contributed by atoms with E-state index < -0.39 is 10.0 Å². The summed E-state index contributed by atoms with van der Waals surface area (Å²) in [5, 5.41) is 5.98. The maximum atomic E-state index is 11.8. The molecule has 8 heteroatoms. The second-order valence-electron chi connectivity index (χ2n) is 5.74. The molecule has 2 aliphatic rings. The van der Waals surface area contributed by atoms with Crippen LogP contribution in [0.4, 0.5) is 0 Å². The SMILES string of the molecule is O=C(CC1CSCCN1)NCCS(=O)(=O)NCC1CCC1. The molecule has 0 spiro atoms. The maximum Gasteiger partial charge on any atom is 0.221 e. The van der Waals surface area contributed by atoms with Crippen molar-refractivity contribution in [2.75, 3.05) is 36.9 Å². The number of rotatable bonds is 8. The van der Waals surface area contributed by atoms with E-state index in [1.807, 2.05) is 11.8 Å². The average Bonchev–Trinajstić information content (AvgIpc) is 2.37. The van der Waals surface area contributed by atoms with Crippen molar-refractivity contribution < 1.29 is 13.2 Å². The molecule has 0 aromatic heterocycles. The molecule has 0 radical (unpaired) electrons. The lowest BCUT2D eigenvalue weighted by molar-refractivity contribution is -0.121. The number of carbonyl (C=O) groups is 1. The summed E-state index contributed by atoms with van der Waals surface area (Å²) in [5.41, 5.74) is 0. The lowest BCUT2D eigenvalue weighted by atomic mass is 9.86. The van der Waals surface area contributed by atoms with Crippen LogP contribution < -0.4 is 15.4 Å². The van der Waals surface area contributed by atoms with Gasteiger partial charge in [0.1, 0.15) is 0 Å². The zero-order valence-electron chi connectivity index (χ0n) is 12.3. The van der Waals surface area contributed by atoms with E-state index in [0.717, 1.165) is 30.9 Å². The fourth-order valence-corrected chi connectivity index (χ4v) is 4.34. The third-order valence-corrected chi connectivity index (χ3v) is 6.42. The molecule has 1 unspecified atom stereocenters. The highest BCUT2D eigenvalue weighted by Crippen LogP contribution is 2.25. The van der Waals surface area contributed by atoms with Gasteiger partial charge in [-0.2, -0.15) is 11.8 Å². The molecule has 6 nitrogen and oxygen atoms in total. The van der Waals surface area contributed by atoms with E-state index in [0.29, 0.717) is 18.9 Å². The van der Waals surface area contributed by atoms with Gasteiger partial charge in [0.05, 0.1) is 5.75 Å². The van der Waals surface area contributed by atoms with Gasteiger partial charge in [-0.15, -0.1) is 0 Å². The fraction of sp³-hybridized carbons (Fsp3) is 0.923. The standard InChI is InChI=1S/C13H25N3O3S2/c17-13(8-12-10-20-6-4-14-12)15-5-7-21(18,19)16-9-11-2-1-3-11/h11-12,14,16H,1-10H2,(H,15,17). The van der Waals surface area contributed by atoms with E-state index in [2.05, 4.69) is 15.4 Å². The molecule has 1 saturated carbocycles. The van der Waals surface area contributed by atoms with Crippen LogP contribution in [0.2, 0.25) is 0 Å². The van der Waals surface area contributed by atoms with Gasteiger partial charge in [-0.1, -0.05) is 6.42 Å². The summed E-state index contributed by atoms with van der Waals surface area (Å²) in [6.07, 6.45) is 3.86. The van der Waals surface area contributed by atoms with E-state index >= 15 is 0 Å². The van der Waals surface area contributed by atoms with Crippen LogP contribution in [0.5, 0.6) is 0 Å². The molecule has 1 aliphatic heterocycles. The van der Waals surface area contributed by atoms with Crippen molar-refractivity contribution in [1.82, 2.24) is 15.4 Å². The van der Waals surface area contributed by atoms with Crippen molar-refractivity contribution in [3.63, 3.8) is 0 Å². The minimum Gasteiger partial charge on any atom is -0.355 e. The Morgan fingerprint density at radius 3 is 2.76 bits per heavy atom. The van der Waals surface area contributed by atoms with E-state index in [1.165, 1.54) is 6.42 Å². The molecule has 122 valence electrons. The van der Waals surface area contributed by atoms with Crippen molar-refractivity contribution in [3.05, 3.63) is 0 Å². The summed E-state index contributed by atoms with van der Waals surface area (Å²) >= 11 is 1.84. The van der Waals surface area contributed by atoms with Gasteiger partial charge in [-0.05, 0) is 18.8 Å². The lowest BCUT2D eigenvalue weighted by Crippen LogP contribution is -2.42. The Kier molecular flexibility index (Phi) is 6.78. The van der Waals surface area contributed by atoms with Gasteiger partial charge in [0.2, 0.25) is 15.9 Å². The van der Waals surface area contributed by atoms with Crippen molar-refractivity contribution in [2.45, 2.75) is 31.7 Å². The molecular formula is C13H25N3O3S2. The van der Waals surface area contributed by atoms with Crippen LogP contribution in [0.3, 0.4) is 0 Å². The molecule has 3 N–H and O–H groups in total. The lowest BCUT2D eigenvalue weighted by Gasteiger charge is -2.25. The highest BCUT2D eigenvalue weighted by atomic mass is 32.2. The molecule has 2 rings (SSSR count). The smallest absolute Gasteiger partial charge is 0.221 e. The quantitative estimate of drug-likeness (QED) is 0.577. The van der Waals surface area contributed by atoms with Crippen molar-refractivity contribution in [1.29, 1.82) is 0 Å². The van der Waals surface area contributed by atoms with E-state index in [9.17, 15) is 13.2 Å². The Morgan fingerprint density at radius 1 is 1.33 bits per heavy atom. The summed E-state index contributed by atoms with van der Waals surface area (Å²) in [7, 11) is -3.27. The van der Waals surface area contributed by atoms with Gasteiger partial charge >= 0.3 is 0 Å². The fourth-order valence-electron chi connectivity index (χ4n) is 2.39. The Hall–Kier alpha value is -0.310. The number of hydrogen-bond acceptors (Lipinski definition) is 5. The second-order valence-corrected chi connectivity index (χ2v) is 8.82. The van der Waals surface area contributed by atoms with Crippen LogP contribution in [-0.4, -0.2) is 57.3 Å². The first-order chi connectivity index (χ1) is 10.1. The van der Waals surface area contributed by atoms with Crippen LogP contribution in [-0.2, 0) is 14.8 Å². The van der Waals surface area contributed by atoms with E-state index in [1.54, 1.807) is 0 Å². The zero-order valence-corrected chi connectivity index (χ0v) is 13.9. The molecule has 0 aromatic carbocycles. The van der Waals surface area contributed by atoms with Gasteiger partial charge < -0.3 is 10.6 Å². The minimum absolute atomic E-state index is 0.0433. The summed E-state index contributed by atoms with van der Waals surface area (Å²) < 4.78 is 26.2. The van der Waals surface area contributed by atoms with Crippen molar-refractivity contribution >= 4 is 27.7 Å². The van der Waals surface area contributed by atoms with Gasteiger partial charge in [0.15, 0.2) is 0 Å². The van der Waals surface area contributed by atoms with Gasteiger partial charge in [0.25, 0.3) is 0 Å². The first-order valence-corrected chi connectivity index (χ1v) is 10.4. The number of sulfonamides is 1. The van der Waals surface area contributed by atoms with Crippen LogP contribution in [0.15, 0.2) is 0 Å². The summed E-state index contributed by atoms with van der Waals surface area (Å²) in [6, 6.07) is 0.206. The second kappa shape index (κ2) is 8.36. The topological polar surface area (TPSA) is 87.3 Å². The maximum absolute atomic E-state index is 11.8. The third kappa shape index (κ3) is 6.54. The predicted octanol–water partition coefficient (Wildman–Crippen LogP) is -0.0828. The molecule has 0 bridgehead atoms. The molecule has 21 heavy (non-hydrogen) atoms. The summed E-state index contributed by atoms with van der Waals surface area (Å²) in [4.78, 5) is 11.7. The highest BCUT2D eigenvalue weighted by molar-refractivity contribution is 7.99. The molecule has 1 amide bonds. The molecule has 2 fully saturated rings. The van der Waals surface area contributed by atoms with Gasteiger partial charge in [-0.3, -0.25) is 4.79 Å². The first kappa shape index (κ1) is 17.1. The van der Waals surface area contributed by atoms with Crippen LogP contribution in [0, 0.1) is 5.92 Å². The van der Waals surface area contributed by atoms with Crippen LogP contribution >= 0.6 is 11.8 Å². The number of hydrogen-bond donors (Lipinski definition) is 3.